The zero-order valence-corrected chi connectivity index (χ0v) is 11.3. The topological polar surface area (TPSA) is 37.8 Å². The summed E-state index contributed by atoms with van der Waals surface area (Å²) in [6, 6.07) is 8.76. The standard InChI is InChI=1S/C16H19N3/c1-2-17-16-15(18-9-10-19-16)14-8-4-7-13(11-14)12-5-3-6-12/h4,7-12H,2-3,5-6H2,1H3,(H,17,19). The average molecular weight is 253 g/mol. The molecule has 1 saturated carbocycles. The molecule has 0 amide bonds. The van der Waals surface area contributed by atoms with Gasteiger partial charge in [0.1, 0.15) is 5.69 Å². The lowest BCUT2D eigenvalue weighted by Gasteiger charge is -2.26. The highest BCUT2D eigenvalue weighted by atomic mass is 15.0. The molecule has 0 atom stereocenters. The van der Waals surface area contributed by atoms with Crippen molar-refractivity contribution in [3.8, 4) is 11.3 Å². The fourth-order valence-corrected chi connectivity index (χ4v) is 2.53. The summed E-state index contributed by atoms with van der Waals surface area (Å²) in [5.41, 5.74) is 3.55. The van der Waals surface area contributed by atoms with Crippen molar-refractivity contribution in [3.05, 3.63) is 42.2 Å². The number of benzene rings is 1. The van der Waals surface area contributed by atoms with Gasteiger partial charge in [-0.05, 0) is 37.3 Å². The van der Waals surface area contributed by atoms with Crippen LogP contribution in [0.1, 0.15) is 37.7 Å². The Morgan fingerprint density at radius 3 is 2.79 bits per heavy atom. The third-order valence-corrected chi connectivity index (χ3v) is 3.78. The van der Waals surface area contributed by atoms with Crippen LogP contribution in [0.5, 0.6) is 0 Å². The number of aromatic nitrogens is 2. The molecule has 3 heteroatoms. The normalized spacial score (nSPS) is 15.0. The second-order valence-corrected chi connectivity index (χ2v) is 5.04. The van der Waals surface area contributed by atoms with E-state index < -0.39 is 0 Å². The van der Waals surface area contributed by atoms with E-state index in [1.807, 2.05) is 0 Å². The van der Waals surface area contributed by atoms with Crippen LogP contribution in [0, 0.1) is 0 Å². The quantitative estimate of drug-likeness (QED) is 0.899. The summed E-state index contributed by atoms with van der Waals surface area (Å²) in [5, 5.41) is 3.28. The van der Waals surface area contributed by atoms with Crippen molar-refractivity contribution in [3.63, 3.8) is 0 Å². The highest BCUT2D eigenvalue weighted by molar-refractivity contribution is 5.71. The van der Waals surface area contributed by atoms with Crippen LogP contribution in [-0.4, -0.2) is 16.5 Å². The maximum absolute atomic E-state index is 4.49. The van der Waals surface area contributed by atoms with Crippen molar-refractivity contribution in [2.45, 2.75) is 32.1 Å². The number of hydrogen-bond acceptors (Lipinski definition) is 3. The number of hydrogen-bond donors (Lipinski definition) is 1. The molecular formula is C16H19N3. The summed E-state index contributed by atoms with van der Waals surface area (Å²) in [6.07, 6.45) is 7.50. The van der Waals surface area contributed by atoms with E-state index in [1.165, 1.54) is 24.8 Å². The van der Waals surface area contributed by atoms with Gasteiger partial charge in [-0.3, -0.25) is 4.98 Å². The van der Waals surface area contributed by atoms with Crippen molar-refractivity contribution in [1.82, 2.24) is 9.97 Å². The summed E-state index contributed by atoms with van der Waals surface area (Å²) < 4.78 is 0. The molecule has 19 heavy (non-hydrogen) atoms. The lowest BCUT2D eigenvalue weighted by Crippen LogP contribution is -2.08. The lowest BCUT2D eigenvalue weighted by molar-refractivity contribution is 0.420. The van der Waals surface area contributed by atoms with Gasteiger partial charge < -0.3 is 5.32 Å². The lowest BCUT2D eigenvalue weighted by atomic mass is 9.79. The summed E-state index contributed by atoms with van der Waals surface area (Å²) in [7, 11) is 0. The highest BCUT2D eigenvalue weighted by Crippen LogP contribution is 2.37. The molecule has 0 radical (unpaired) electrons. The maximum Gasteiger partial charge on any atom is 0.152 e. The molecule has 98 valence electrons. The van der Waals surface area contributed by atoms with Crippen molar-refractivity contribution < 1.29 is 0 Å². The van der Waals surface area contributed by atoms with Crippen molar-refractivity contribution in [2.75, 3.05) is 11.9 Å². The van der Waals surface area contributed by atoms with Gasteiger partial charge in [-0.15, -0.1) is 0 Å². The van der Waals surface area contributed by atoms with Gasteiger partial charge in [-0.1, -0.05) is 24.6 Å². The van der Waals surface area contributed by atoms with E-state index in [0.717, 1.165) is 29.5 Å². The number of rotatable bonds is 4. The maximum atomic E-state index is 4.49. The fraction of sp³-hybridized carbons (Fsp3) is 0.375. The Hall–Kier alpha value is -1.90. The van der Waals surface area contributed by atoms with Crippen LogP contribution in [-0.2, 0) is 0 Å². The predicted octanol–water partition coefficient (Wildman–Crippen LogP) is 3.84. The van der Waals surface area contributed by atoms with Crippen LogP contribution in [0.4, 0.5) is 5.82 Å². The zero-order chi connectivity index (χ0) is 13.1. The Kier molecular flexibility index (Phi) is 3.45. The van der Waals surface area contributed by atoms with Gasteiger partial charge in [0, 0.05) is 24.5 Å². The predicted molar refractivity (Wildman–Crippen MR) is 78.2 cm³/mol. The van der Waals surface area contributed by atoms with E-state index in [1.54, 1.807) is 12.4 Å². The molecule has 1 heterocycles. The van der Waals surface area contributed by atoms with Gasteiger partial charge in [0.25, 0.3) is 0 Å². The third kappa shape index (κ3) is 2.46. The van der Waals surface area contributed by atoms with Crippen LogP contribution in [0.3, 0.4) is 0 Å². The molecule has 1 aliphatic rings. The molecular weight excluding hydrogens is 234 g/mol. The fourth-order valence-electron chi connectivity index (χ4n) is 2.53. The van der Waals surface area contributed by atoms with E-state index in [0.29, 0.717) is 0 Å². The molecule has 1 aromatic carbocycles. The molecule has 2 aromatic rings. The van der Waals surface area contributed by atoms with Gasteiger partial charge in [-0.2, -0.15) is 0 Å². The van der Waals surface area contributed by atoms with Gasteiger partial charge in [0.05, 0.1) is 0 Å². The molecule has 1 N–H and O–H groups in total. The van der Waals surface area contributed by atoms with Crippen molar-refractivity contribution in [1.29, 1.82) is 0 Å². The van der Waals surface area contributed by atoms with E-state index in [-0.39, 0.29) is 0 Å². The summed E-state index contributed by atoms with van der Waals surface area (Å²) in [6.45, 7) is 2.93. The van der Waals surface area contributed by atoms with E-state index in [9.17, 15) is 0 Å². The molecule has 3 rings (SSSR count). The molecule has 0 unspecified atom stereocenters. The summed E-state index contributed by atoms with van der Waals surface area (Å²) in [5.74, 6) is 1.62. The van der Waals surface area contributed by atoms with Crippen molar-refractivity contribution >= 4 is 5.82 Å². The monoisotopic (exact) mass is 253 g/mol. The molecule has 3 nitrogen and oxygen atoms in total. The minimum absolute atomic E-state index is 0.749. The second kappa shape index (κ2) is 5.39. The molecule has 0 spiro atoms. The van der Waals surface area contributed by atoms with Crippen LogP contribution in [0.15, 0.2) is 36.7 Å². The summed E-state index contributed by atoms with van der Waals surface area (Å²) in [4.78, 5) is 8.87. The molecule has 1 fully saturated rings. The first-order chi connectivity index (χ1) is 9.38. The average Bonchev–Trinajstić information content (AvgIpc) is 2.38. The zero-order valence-electron chi connectivity index (χ0n) is 11.3. The SMILES string of the molecule is CCNc1nccnc1-c1cccc(C2CCC2)c1. The van der Waals surface area contributed by atoms with Crippen molar-refractivity contribution in [2.24, 2.45) is 0 Å². The third-order valence-electron chi connectivity index (χ3n) is 3.78. The Morgan fingerprint density at radius 2 is 2.05 bits per heavy atom. The minimum atomic E-state index is 0.749. The first-order valence-electron chi connectivity index (χ1n) is 7.03. The molecule has 1 aromatic heterocycles. The van der Waals surface area contributed by atoms with E-state index >= 15 is 0 Å². The molecule has 0 aliphatic heterocycles. The Balaban J connectivity index is 1.97. The number of nitrogens with zero attached hydrogens (tertiary/aromatic N) is 2. The first-order valence-corrected chi connectivity index (χ1v) is 7.03. The number of nitrogens with one attached hydrogen (secondary N) is 1. The highest BCUT2D eigenvalue weighted by Gasteiger charge is 2.20. The first kappa shape index (κ1) is 12.2. The smallest absolute Gasteiger partial charge is 0.152 e. The van der Waals surface area contributed by atoms with E-state index in [2.05, 4.69) is 46.5 Å². The van der Waals surface area contributed by atoms with Gasteiger partial charge >= 0.3 is 0 Å². The van der Waals surface area contributed by atoms with Crippen LogP contribution in [0.2, 0.25) is 0 Å². The largest absolute Gasteiger partial charge is 0.369 e. The Bertz CT molecular complexity index is 561. The Labute approximate surface area is 114 Å². The summed E-state index contributed by atoms with van der Waals surface area (Å²) >= 11 is 0. The second-order valence-electron chi connectivity index (χ2n) is 5.04. The Morgan fingerprint density at radius 1 is 1.21 bits per heavy atom. The molecule has 1 aliphatic carbocycles. The van der Waals surface area contributed by atoms with E-state index in [4.69, 9.17) is 0 Å². The molecule has 0 bridgehead atoms. The van der Waals surface area contributed by atoms with Crippen LogP contribution < -0.4 is 5.32 Å². The van der Waals surface area contributed by atoms with Gasteiger partial charge in [0.15, 0.2) is 5.82 Å². The molecule has 0 saturated heterocycles. The van der Waals surface area contributed by atoms with Crippen LogP contribution >= 0.6 is 0 Å². The van der Waals surface area contributed by atoms with Gasteiger partial charge in [0.2, 0.25) is 0 Å². The number of anilines is 1. The van der Waals surface area contributed by atoms with Gasteiger partial charge in [-0.25, -0.2) is 4.98 Å². The minimum Gasteiger partial charge on any atom is -0.369 e. The van der Waals surface area contributed by atoms with Crippen LogP contribution in [0.25, 0.3) is 11.3 Å².